The molecule has 148 valence electrons. The van der Waals surface area contributed by atoms with Gasteiger partial charge in [-0.2, -0.15) is 10.2 Å². The van der Waals surface area contributed by atoms with Gasteiger partial charge in [0.1, 0.15) is 5.82 Å². The first-order chi connectivity index (χ1) is 13.3. The highest BCUT2D eigenvalue weighted by Crippen LogP contribution is 2.19. The van der Waals surface area contributed by atoms with Gasteiger partial charge < -0.3 is 9.80 Å². The van der Waals surface area contributed by atoms with Crippen LogP contribution in [0.2, 0.25) is 5.02 Å². The number of anilines is 2. The fourth-order valence-electron chi connectivity index (χ4n) is 2.32. The maximum Gasteiger partial charge on any atom is 0.234 e. The standard InChI is InChI=1S/C19H25ClN8/c1-14-12-17(27(4)11-10-26(2)3)25-19(23-14)28(5)18(22-13-21)24-16-8-6-15(20)7-9-16/h6-9,12H,10-11H2,1-5H3,(H,22,24). The van der Waals surface area contributed by atoms with Gasteiger partial charge in [0, 0.05) is 44.0 Å². The van der Waals surface area contributed by atoms with Crippen molar-refractivity contribution in [2.75, 3.05) is 51.1 Å². The van der Waals surface area contributed by atoms with Crippen LogP contribution in [0.4, 0.5) is 17.5 Å². The molecule has 1 heterocycles. The van der Waals surface area contributed by atoms with Gasteiger partial charge in [-0.3, -0.25) is 10.2 Å². The Hall–Kier alpha value is -2.89. The van der Waals surface area contributed by atoms with Crippen LogP contribution < -0.4 is 15.1 Å². The molecule has 0 saturated heterocycles. The highest BCUT2D eigenvalue weighted by Gasteiger charge is 2.15. The van der Waals surface area contributed by atoms with Crippen LogP contribution in [0.5, 0.6) is 0 Å². The van der Waals surface area contributed by atoms with E-state index in [0.29, 0.717) is 22.6 Å². The third kappa shape index (κ3) is 6.08. The molecule has 9 heteroatoms. The van der Waals surface area contributed by atoms with Gasteiger partial charge in [-0.05, 0) is 45.3 Å². The van der Waals surface area contributed by atoms with Crippen molar-refractivity contribution in [1.29, 1.82) is 5.26 Å². The number of guanidine groups is 1. The molecule has 0 saturated carbocycles. The molecule has 0 unspecified atom stereocenters. The van der Waals surface area contributed by atoms with Gasteiger partial charge in [-0.1, -0.05) is 11.6 Å². The zero-order chi connectivity index (χ0) is 20.7. The van der Waals surface area contributed by atoms with Crippen LogP contribution in [0.3, 0.4) is 0 Å². The lowest BCUT2D eigenvalue weighted by atomic mass is 10.3. The first-order valence-electron chi connectivity index (χ1n) is 8.75. The lowest BCUT2D eigenvalue weighted by Gasteiger charge is -2.23. The van der Waals surface area contributed by atoms with Crippen molar-refractivity contribution in [3.8, 4) is 6.19 Å². The lowest BCUT2D eigenvalue weighted by Crippen LogP contribution is -2.38. The van der Waals surface area contributed by atoms with Gasteiger partial charge in [0.15, 0.2) is 6.19 Å². The van der Waals surface area contributed by atoms with E-state index in [0.717, 1.165) is 24.6 Å². The van der Waals surface area contributed by atoms with Crippen LogP contribution in [0.25, 0.3) is 0 Å². The molecule has 1 aromatic carbocycles. The number of rotatable bonds is 6. The average molecular weight is 401 g/mol. The fraction of sp³-hybridized carbons (Fsp3) is 0.368. The predicted molar refractivity (Wildman–Crippen MR) is 114 cm³/mol. The minimum atomic E-state index is 0.317. The molecule has 8 nitrogen and oxygen atoms in total. The van der Waals surface area contributed by atoms with Crippen LogP contribution >= 0.6 is 11.6 Å². The second-order valence-electron chi connectivity index (χ2n) is 6.60. The molecular weight excluding hydrogens is 376 g/mol. The molecule has 2 aromatic rings. The Morgan fingerprint density at radius 1 is 1.14 bits per heavy atom. The summed E-state index contributed by atoms with van der Waals surface area (Å²) in [5.41, 5.74) is 1.48. The fourth-order valence-corrected chi connectivity index (χ4v) is 2.44. The molecule has 2 rings (SSSR count). The number of nitrogens with zero attached hydrogens (tertiary/aromatic N) is 7. The van der Waals surface area contributed by atoms with E-state index in [1.807, 2.05) is 40.3 Å². The van der Waals surface area contributed by atoms with E-state index >= 15 is 0 Å². The molecule has 0 fully saturated rings. The molecule has 0 aliphatic carbocycles. The molecule has 1 N–H and O–H groups in total. The Labute approximate surface area is 171 Å². The van der Waals surface area contributed by atoms with Crippen LogP contribution in [-0.2, 0) is 0 Å². The summed E-state index contributed by atoms with van der Waals surface area (Å²) in [5.74, 6) is 1.57. The molecule has 0 spiro atoms. The van der Waals surface area contributed by atoms with Crippen molar-refractivity contribution in [2.24, 2.45) is 4.99 Å². The Morgan fingerprint density at radius 3 is 2.43 bits per heavy atom. The molecule has 1 aromatic heterocycles. The largest absolute Gasteiger partial charge is 0.358 e. The first-order valence-corrected chi connectivity index (χ1v) is 9.12. The summed E-state index contributed by atoms with van der Waals surface area (Å²) in [7, 11) is 7.82. The van der Waals surface area contributed by atoms with Crippen molar-refractivity contribution in [3.63, 3.8) is 0 Å². The zero-order valence-electron chi connectivity index (χ0n) is 16.8. The van der Waals surface area contributed by atoms with Gasteiger partial charge in [0.25, 0.3) is 0 Å². The third-order valence-corrected chi connectivity index (χ3v) is 4.20. The molecule has 0 amide bonds. The van der Waals surface area contributed by atoms with E-state index in [9.17, 15) is 0 Å². The summed E-state index contributed by atoms with van der Waals surface area (Å²) in [4.78, 5) is 19.4. The normalized spacial score (nSPS) is 11.3. The summed E-state index contributed by atoms with van der Waals surface area (Å²) in [5, 5.41) is 12.4. The van der Waals surface area contributed by atoms with Gasteiger partial charge in [0.05, 0.1) is 5.69 Å². The van der Waals surface area contributed by atoms with Crippen molar-refractivity contribution in [1.82, 2.24) is 20.2 Å². The maximum absolute atomic E-state index is 9.13. The molecule has 0 atom stereocenters. The van der Waals surface area contributed by atoms with Crippen LogP contribution in [0.15, 0.2) is 35.3 Å². The van der Waals surface area contributed by atoms with E-state index < -0.39 is 0 Å². The number of nitrogens with one attached hydrogen (secondary N) is 1. The van der Waals surface area contributed by atoms with Gasteiger partial charge in [-0.15, -0.1) is 0 Å². The molecule has 0 radical (unpaired) electrons. The molecule has 0 bridgehead atoms. The molecular formula is C19H25ClN8. The van der Waals surface area contributed by atoms with Crippen LogP contribution in [0, 0.1) is 18.4 Å². The maximum atomic E-state index is 9.13. The first kappa shape index (κ1) is 21.4. The Balaban J connectivity index is 2.32. The highest BCUT2D eigenvalue weighted by atomic mass is 35.5. The average Bonchev–Trinajstić information content (AvgIpc) is 2.66. The number of hydrogen-bond acceptors (Lipinski definition) is 6. The highest BCUT2D eigenvalue weighted by molar-refractivity contribution is 6.30. The Bertz CT molecular complexity index is 857. The number of benzene rings is 1. The number of nitriles is 1. The Kier molecular flexibility index (Phi) is 7.55. The van der Waals surface area contributed by atoms with Crippen molar-refractivity contribution in [2.45, 2.75) is 6.92 Å². The van der Waals surface area contributed by atoms with Crippen molar-refractivity contribution < 1.29 is 0 Å². The van der Waals surface area contributed by atoms with E-state index in [1.54, 1.807) is 36.2 Å². The summed E-state index contributed by atoms with van der Waals surface area (Å²) >= 11 is 5.92. The predicted octanol–water partition coefficient (Wildman–Crippen LogP) is 2.63. The topological polar surface area (TPSA) is 83.7 Å². The van der Waals surface area contributed by atoms with Crippen molar-refractivity contribution >= 4 is 35.0 Å². The van der Waals surface area contributed by atoms with E-state index in [2.05, 4.69) is 30.1 Å². The lowest BCUT2D eigenvalue weighted by molar-refractivity contribution is 0.416. The number of halogens is 1. The number of aryl methyl sites for hydroxylation is 1. The van der Waals surface area contributed by atoms with Gasteiger partial charge >= 0.3 is 0 Å². The summed E-state index contributed by atoms with van der Waals surface area (Å²) < 4.78 is 0. The molecule has 0 aliphatic heterocycles. The smallest absolute Gasteiger partial charge is 0.234 e. The second kappa shape index (κ2) is 9.88. The minimum Gasteiger partial charge on any atom is -0.358 e. The van der Waals surface area contributed by atoms with Gasteiger partial charge in [0.2, 0.25) is 11.9 Å². The van der Waals surface area contributed by atoms with Crippen LogP contribution in [-0.4, -0.2) is 62.1 Å². The monoisotopic (exact) mass is 400 g/mol. The van der Waals surface area contributed by atoms with E-state index in [1.165, 1.54) is 0 Å². The zero-order valence-corrected chi connectivity index (χ0v) is 17.6. The summed E-state index contributed by atoms with van der Waals surface area (Å²) in [6.07, 6.45) is 1.91. The quantitative estimate of drug-likeness (QED) is 0.345. The van der Waals surface area contributed by atoms with Crippen molar-refractivity contribution in [3.05, 3.63) is 41.0 Å². The number of hydrogen-bond donors (Lipinski definition) is 1. The Morgan fingerprint density at radius 2 is 1.82 bits per heavy atom. The third-order valence-electron chi connectivity index (χ3n) is 3.95. The SMILES string of the molecule is Cc1cc(N(C)CCN(C)C)nc(N(C)C(=Nc2ccc(Cl)cc2)NC#N)n1. The molecule has 0 aliphatic rings. The minimum absolute atomic E-state index is 0.317. The number of aliphatic imine (C=N–C) groups is 1. The van der Waals surface area contributed by atoms with E-state index in [4.69, 9.17) is 16.9 Å². The van der Waals surface area contributed by atoms with E-state index in [-0.39, 0.29) is 0 Å². The summed E-state index contributed by atoms with van der Waals surface area (Å²) in [6, 6.07) is 8.96. The number of likely N-dealkylation sites (N-methyl/N-ethyl adjacent to an activating group) is 2. The summed E-state index contributed by atoms with van der Waals surface area (Å²) in [6.45, 7) is 3.65. The second-order valence-corrected chi connectivity index (χ2v) is 7.04. The van der Waals surface area contributed by atoms with Gasteiger partial charge in [-0.25, -0.2) is 9.98 Å². The number of aromatic nitrogens is 2. The van der Waals surface area contributed by atoms with Crippen LogP contribution in [0.1, 0.15) is 5.69 Å². The molecule has 28 heavy (non-hydrogen) atoms.